The summed E-state index contributed by atoms with van der Waals surface area (Å²) in [4.78, 5) is 4.10. The number of anilines is 2. The highest BCUT2D eigenvalue weighted by molar-refractivity contribution is 6.43. The van der Waals surface area contributed by atoms with Crippen molar-refractivity contribution in [2.45, 2.75) is 0 Å². The average molecular weight is 332 g/mol. The quantitative estimate of drug-likeness (QED) is 0.819. The number of rotatable bonds is 2. The summed E-state index contributed by atoms with van der Waals surface area (Å²) >= 11 is 17.8. The van der Waals surface area contributed by atoms with E-state index < -0.39 is 0 Å². The van der Waals surface area contributed by atoms with Gasteiger partial charge in [0.2, 0.25) is 0 Å². The van der Waals surface area contributed by atoms with Crippen LogP contribution < -0.4 is 14.8 Å². The minimum absolute atomic E-state index is 0.191. The van der Waals surface area contributed by atoms with Gasteiger partial charge in [-0.2, -0.15) is 0 Å². The molecule has 1 aliphatic heterocycles. The second-order valence-electron chi connectivity index (χ2n) is 4.07. The molecule has 2 aromatic rings. The van der Waals surface area contributed by atoms with Crippen LogP contribution in [0.1, 0.15) is 0 Å². The molecule has 0 radical (unpaired) electrons. The monoisotopic (exact) mass is 330 g/mol. The smallest absolute Gasteiger partial charge is 0.163 e. The third-order valence-corrected chi connectivity index (χ3v) is 3.65. The zero-order chi connectivity index (χ0) is 14.1. The summed E-state index contributed by atoms with van der Waals surface area (Å²) < 4.78 is 11.0. The summed E-state index contributed by atoms with van der Waals surface area (Å²) in [5, 5.41) is 3.95. The summed E-state index contributed by atoms with van der Waals surface area (Å²) in [5.74, 6) is 1.82. The molecule has 0 amide bonds. The first-order valence-corrected chi connectivity index (χ1v) is 6.95. The third kappa shape index (κ3) is 2.73. The van der Waals surface area contributed by atoms with Gasteiger partial charge in [-0.05, 0) is 18.2 Å². The van der Waals surface area contributed by atoms with E-state index in [0.29, 0.717) is 34.8 Å². The molecule has 1 aliphatic rings. The van der Waals surface area contributed by atoms with Crippen LogP contribution in [0.2, 0.25) is 15.2 Å². The predicted molar refractivity (Wildman–Crippen MR) is 80.0 cm³/mol. The summed E-state index contributed by atoms with van der Waals surface area (Å²) in [6.45, 7) is 1.09. The van der Waals surface area contributed by atoms with Crippen molar-refractivity contribution in [1.29, 1.82) is 0 Å². The highest BCUT2D eigenvalue weighted by atomic mass is 35.5. The molecule has 0 spiro atoms. The molecule has 7 heteroatoms. The maximum atomic E-state index is 6.07. The van der Waals surface area contributed by atoms with E-state index in [1.807, 2.05) is 18.2 Å². The Morgan fingerprint density at radius 3 is 2.50 bits per heavy atom. The maximum absolute atomic E-state index is 6.07. The van der Waals surface area contributed by atoms with Crippen molar-refractivity contribution in [2.75, 3.05) is 18.5 Å². The molecule has 0 unspecified atom stereocenters. The Hall–Kier alpha value is -1.36. The predicted octanol–water partition coefficient (Wildman–Crippen LogP) is 4.56. The normalized spacial score (nSPS) is 13.2. The topological polar surface area (TPSA) is 43.4 Å². The number of benzene rings is 1. The Morgan fingerprint density at radius 1 is 0.950 bits per heavy atom. The van der Waals surface area contributed by atoms with E-state index in [9.17, 15) is 0 Å². The van der Waals surface area contributed by atoms with Crippen LogP contribution in [0, 0.1) is 0 Å². The fraction of sp³-hybridized carbons (Fsp3) is 0.154. The molecule has 1 N–H and O–H groups in total. The molecular formula is C13H9Cl3N2O2. The average Bonchev–Trinajstić information content (AvgIpc) is 2.44. The van der Waals surface area contributed by atoms with Crippen LogP contribution in [-0.4, -0.2) is 18.2 Å². The van der Waals surface area contributed by atoms with Crippen LogP contribution in [0.25, 0.3) is 0 Å². The molecule has 1 aromatic carbocycles. The summed E-state index contributed by atoms with van der Waals surface area (Å²) in [7, 11) is 0. The summed E-state index contributed by atoms with van der Waals surface area (Å²) in [6.07, 6.45) is 0. The molecule has 4 nitrogen and oxygen atoms in total. The second-order valence-corrected chi connectivity index (χ2v) is 5.25. The van der Waals surface area contributed by atoms with Crippen molar-refractivity contribution < 1.29 is 9.47 Å². The van der Waals surface area contributed by atoms with E-state index in [4.69, 9.17) is 44.3 Å². The van der Waals surface area contributed by atoms with Gasteiger partial charge < -0.3 is 14.8 Å². The van der Waals surface area contributed by atoms with Crippen molar-refractivity contribution in [3.8, 4) is 11.5 Å². The lowest BCUT2D eigenvalue weighted by Gasteiger charge is -2.19. The number of hydrogen-bond acceptors (Lipinski definition) is 4. The van der Waals surface area contributed by atoms with Gasteiger partial charge in [0.1, 0.15) is 18.4 Å². The standard InChI is InChI=1S/C13H9Cl3N2O2/c14-8-6-9(15)13(18-12(8)16)17-7-1-2-10-11(5-7)20-4-3-19-10/h1-2,5-6H,3-4H2,(H,17,18). The minimum atomic E-state index is 0.191. The lowest BCUT2D eigenvalue weighted by Crippen LogP contribution is -2.15. The Morgan fingerprint density at radius 2 is 1.70 bits per heavy atom. The Balaban J connectivity index is 1.89. The van der Waals surface area contributed by atoms with Crippen LogP contribution in [0.5, 0.6) is 11.5 Å². The maximum Gasteiger partial charge on any atom is 0.163 e. The minimum Gasteiger partial charge on any atom is -0.486 e. The zero-order valence-electron chi connectivity index (χ0n) is 10.1. The van der Waals surface area contributed by atoms with Crippen molar-refractivity contribution in [3.63, 3.8) is 0 Å². The molecule has 3 rings (SSSR count). The molecule has 104 valence electrons. The molecule has 0 atom stereocenters. The van der Waals surface area contributed by atoms with Crippen molar-refractivity contribution in [2.24, 2.45) is 0 Å². The number of nitrogens with one attached hydrogen (secondary N) is 1. The van der Waals surface area contributed by atoms with E-state index in [2.05, 4.69) is 10.3 Å². The number of halogens is 3. The highest BCUT2D eigenvalue weighted by Gasteiger charge is 2.13. The lowest BCUT2D eigenvalue weighted by molar-refractivity contribution is 0.171. The Labute approximate surface area is 130 Å². The van der Waals surface area contributed by atoms with Crippen molar-refractivity contribution >= 4 is 46.3 Å². The first-order valence-electron chi connectivity index (χ1n) is 5.82. The van der Waals surface area contributed by atoms with Gasteiger partial charge in [0.15, 0.2) is 17.3 Å². The molecular weight excluding hydrogens is 323 g/mol. The van der Waals surface area contributed by atoms with Crippen LogP contribution in [-0.2, 0) is 0 Å². The third-order valence-electron chi connectivity index (χ3n) is 2.69. The Bertz CT molecular complexity index is 664. The largest absolute Gasteiger partial charge is 0.486 e. The van der Waals surface area contributed by atoms with Crippen molar-refractivity contribution in [1.82, 2.24) is 4.98 Å². The lowest BCUT2D eigenvalue weighted by atomic mass is 10.2. The van der Waals surface area contributed by atoms with Crippen molar-refractivity contribution in [3.05, 3.63) is 39.5 Å². The number of fused-ring (bicyclic) bond motifs is 1. The fourth-order valence-electron chi connectivity index (χ4n) is 1.79. The molecule has 2 heterocycles. The van der Waals surface area contributed by atoms with Crippen LogP contribution in [0.15, 0.2) is 24.3 Å². The van der Waals surface area contributed by atoms with E-state index in [0.717, 1.165) is 11.4 Å². The molecule has 0 saturated carbocycles. The number of ether oxygens (including phenoxy) is 2. The van der Waals surface area contributed by atoms with Crippen LogP contribution in [0.3, 0.4) is 0 Å². The van der Waals surface area contributed by atoms with Gasteiger partial charge in [-0.15, -0.1) is 0 Å². The van der Waals surface area contributed by atoms with Gasteiger partial charge in [-0.25, -0.2) is 4.98 Å². The van der Waals surface area contributed by atoms with E-state index >= 15 is 0 Å². The van der Waals surface area contributed by atoms with Gasteiger partial charge in [-0.3, -0.25) is 0 Å². The molecule has 0 saturated heterocycles. The molecule has 0 fully saturated rings. The van der Waals surface area contributed by atoms with E-state index in [1.165, 1.54) is 0 Å². The summed E-state index contributed by atoms with van der Waals surface area (Å²) in [5.41, 5.74) is 0.766. The fourth-order valence-corrected chi connectivity index (χ4v) is 2.33. The molecule has 20 heavy (non-hydrogen) atoms. The van der Waals surface area contributed by atoms with Crippen LogP contribution >= 0.6 is 34.8 Å². The van der Waals surface area contributed by atoms with Gasteiger partial charge in [0, 0.05) is 11.8 Å². The van der Waals surface area contributed by atoms with Crippen LogP contribution in [0.4, 0.5) is 11.5 Å². The van der Waals surface area contributed by atoms with Gasteiger partial charge in [0.05, 0.1) is 10.0 Å². The summed E-state index contributed by atoms with van der Waals surface area (Å²) in [6, 6.07) is 7.02. The number of pyridine rings is 1. The Kier molecular flexibility index (Phi) is 3.78. The van der Waals surface area contributed by atoms with E-state index in [1.54, 1.807) is 6.07 Å². The number of hydrogen-bond donors (Lipinski definition) is 1. The number of aromatic nitrogens is 1. The zero-order valence-corrected chi connectivity index (χ0v) is 12.4. The van der Waals surface area contributed by atoms with Gasteiger partial charge in [-0.1, -0.05) is 34.8 Å². The SMILES string of the molecule is Clc1cc(Cl)c(Nc2ccc3c(c2)OCCO3)nc1Cl. The number of nitrogens with zero attached hydrogens (tertiary/aromatic N) is 1. The first-order chi connectivity index (χ1) is 9.63. The molecule has 0 aliphatic carbocycles. The van der Waals surface area contributed by atoms with Gasteiger partial charge >= 0.3 is 0 Å². The van der Waals surface area contributed by atoms with Gasteiger partial charge in [0.25, 0.3) is 0 Å². The molecule has 0 bridgehead atoms. The van der Waals surface area contributed by atoms with E-state index in [-0.39, 0.29) is 5.15 Å². The molecule has 1 aromatic heterocycles. The first kappa shape index (κ1) is 13.6. The second kappa shape index (κ2) is 5.56. The highest BCUT2D eigenvalue weighted by Crippen LogP contribution is 2.35.